The van der Waals surface area contributed by atoms with E-state index >= 15 is 0 Å². The van der Waals surface area contributed by atoms with Gasteiger partial charge in [0.2, 0.25) is 0 Å². The van der Waals surface area contributed by atoms with E-state index in [4.69, 9.17) is 4.74 Å². The third kappa shape index (κ3) is 4.02. The van der Waals surface area contributed by atoms with E-state index in [1.165, 1.54) is 6.92 Å². The Kier molecular flexibility index (Phi) is 4.54. The Labute approximate surface area is 73.5 Å². The highest BCUT2D eigenvalue weighted by Gasteiger charge is 2.12. The van der Waals surface area contributed by atoms with Crippen molar-refractivity contribution in [2.24, 2.45) is 0 Å². The van der Waals surface area contributed by atoms with E-state index in [2.05, 4.69) is 5.32 Å². The maximum atomic E-state index is 12.4. The lowest BCUT2D eigenvalue weighted by atomic mass is 10.1. The monoisotopic (exact) mass is 175 g/mol. The van der Waals surface area contributed by atoms with Crippen molar-refractivity contribution in [2.45, 2.75) is 38.5 Å². The summed E-state index contributed by atoms with van der Waals surface area (Å²) in [6.07, 6.45) is 2.68. The van der Waals surface area contributed by atoms with Crippen molar-refractivity contribution in [1.82, 2.24) is 5.32 Å². The Morgan fingerprint density at radius 1 is 1.50 bits per heavy atom. The first-order valence-electron chi connectivity index (χ1n) is 4.75. The van der Waals surface area contributed by atoms with Crippen LogP contribution in [0.2, 0.25) is 0 Å². The molecule has 3 heteroatoms. The van der Waals surface area contributed by atoms with Crippen molar-refractivity contribution < 1.29 is 9.13 Å². The number of alkyl halides is 1. The molecule has 1 heterocycles. The molecule has 1 saturated heterocycles. The van der Waals surface area contributed by atoms with Gasteiger partial charge in [0, 0.05) is 0 Å². The number of hydrogen-bond acceptors (Lipinski definition) is 2. The molecule has 1 aliphatic rings. The third-order valence-electron chi connectivity index (χ3n) is 2.08. The fraction of sp³-hybridized carbons (Fsp3) is 1.00. The van der Waals surface area contributed by atoms with Gasteiger partial charge in [0.05, 0.1) is 12.7 Å². The van der Waals surface area contributed by atoms with Gasteiger partial charge in [-0.2, -0.15) is 0 Å². The molecule has 0 aromatic rings. The highest BCUT2D eigenvalue weighted by molar-refractivity contribution is 4.66. The molecule has 0 aliphatic carbocycles. The second-order valence-electron chi connectivity index (χ2n) is 3.42. The predicted molar refractivity (Wildman–Crippen MR) is 47.0 cm³/mol. The standard InChI is InChI=1S/C9H18FNO/c1-8(10)7-12-9-3-2-5-11-6-4-9/h8-9,11H,2-7H2,1H3. The van der Waals surface area contributed by atoms with Crippen LogP contribution in [0.5, 0.6) is 0 Å². The van der Waals surface area contributed by atoms with Crippen LogP contribution < -0.4 is 5.32 Å². The number of nitrogens with one attached hydrogen (secondary N) is 1. The molecule has 0 saturated carbocycles. The topological polar surface area (TPSA) is 21.3 Å². The largest absolute Gasteiger partial charge is 0.375 e. The summed E-state index contributed by atoms with van der Waals surface area (Å²) >= 11 is 0. The molecule has 2 unspecified atom stereocenters. The van der Waals surface area contributed by atoms with E-state index in [-0.39, 0.29) is 12.7 Å². The highest BCUT2D eigenvalue weighted by Crippen LogP contribution is 2.09. The molecule has 1 N–H and O–H groups in total. The number of hydrogen-bond donors (Lipinski definition) is 1. The molecule has 2 nitrogen and oxygen atoms in total. The zero-order chi connectivity index (χ0) is 8.81. The highest BCUT2D eigenvalue weighted by atomic mass is 19.1. The van der Waals surface area contributed by atoms with Gasteiger partial charge in [-0.3, -0.25) is 0 Å². The van der Waals surface area contributed by atoms with Crippen molar-refractivity contribution >= 4 is 0 Å². The summed E-state index contributed by atoms with van der Waals surface area (Å²) in [4.78, 5) is 0. The lowest BCUT2D eigenvalue weighted by Crippen LogP contribution is -2.19. The Morgan fingerprint density at radius 2 is 2.33 bits per heavy atom. The molecular formula is C9H18FNO. The lowest BCUT2D eigenvalue weighted by Gasteiger charge is -2.15. The molecule has 1 aliphatic heterocycles. The first-order chi connectivity index (χ1) is 5.79. The summed E-state index contributed by atoms with van der Waals surface area (Å²) in [7, 11) is 0. The van der Waals surface area contributed by atoms with Gasteiger partial charge in [-0.25, -0.2) is 4.39 Å². The molecule has 0 amide bonds. The molecule has 2 atom stereocenters. The number of halogens is 1. The molecule has 0 radical (unpaired) electrons. The molecule has 12 heavy (non-hydrogen) atoms. The van der Waals surface area contributed by atoms with Crippen molar-refractivity contribution in [3.05, 3.63) is 0 Å². The first-order valence-corrected chi connectivity index (χ1v) is 4.75. The third-order valence-corrected chi connectivity index (χ3v) is 2.08. The summed E-state index contributed by atoms with van der Waals surface area (Å²) in [5.74, 6) is 0. The van der Waals surface area contributed by atoms with Crippen LogP contribution in [-0.2, 0) is 4.74 Å². The predicted octanol–water partition coefficient (Wildman–Crippen LogP) is 1.50. The van der Waals surface area contributed by atoms with Crippen LogP contribution >= 0.6 is 0 Å². The lowest BCUT2D eigenvalue weighted by molar-refractivity contribution is 0.0169. The minimum Gasteiger partial charge on any atom is -0.375 e. The van der Waals surface area contributed by atoms with Crippen molar-refractivity contribution in [3.63, 3.8) is 0 Å². The van der Waals surface area contributed by atoms with Crippen LogP contribution in [0, 0.1) is 0 Å². The summed E-state index contributed by atoms with van der Waals surface area (Å²) in [5.41, 5.74) is 0. The van der Waals surface area contributed by atoms with E-state index in [1.54, 1.807) is 0 Å². The summed E-state index contributed by atoms with van der Waals surface area (Å²) in [6.45, 7) is 3.87. The molecule has 1 rings (SSSR count). The van der Waals surface area contributed by atoms with E-state index < -0.39 is 6.17 Å². The summed E-state index contributed by atoms with van der Waals surface area (Å²) in [6, 6.07) is 0. The van der Waals surface area contributed by atoms with Gasteiger partial charge in [-0.1, -0.05) is 0 Å². The van der Waals surface area contributed by atoms with Gasteiger partial charge >= 0.3 is 0 Å². The summed E-state index contributed by atoms with van der Waals surface area (Å²) in [5, 5.41) is 3.29. The van der Waals surface area contributed by atoms with Gasteiger partial charge < -0.3 is 10.1 Å². The Morgan fingerprint density at radius 3 is 3.08 bits per heavy atom. The maximum absolute atomic E-state index is 12.4. The fourth-order valence-corrected chi connectivity index (χ4v) is 1.42. The first kappa shape index (κ1) is 9.93. The van der Waals surface area contributed by atoms with Gasteiger partial charge in [0.25, 0.3) is 0 Å². The Balaban J connectivity index is 2.12. The Hall–Kier alpha value is -0.150. The van der Waals surface area contributed by atoms with E-state index in [1.807, 2.05) is 0 Å². The molecular weight excluding hydrogens is 157 g/mol. The average molecular weight is 175 g/mol. The minimum absolute atomic E-state index is 0.255. The van der Waals surface area contributed by atoms with Crippen LogP contribution in [0.25, 0.3) is 0 Å². The normalized spacial score (nSPS) is 28.0. The minimum atomic E-state index is -0.832. The Bertz CT molecular complexity index is 111. The van der Waals surface area contributed by atoms with E-state index in [0.717, 1.165) is 32.4 Å². The van der Waals surface area contributed by atoms with Crippen molar-refractivity contribution in [1.29, 1.82) is 0 Å². The number of ether oxygens (including phenoxy) is 1. The van der Waals surface area contributed by atoms with Crippen LogP contribution in [0.1, 0.15) is 26.2 Å². The second kappa shape index (κ2) is 5.49. The smallest absolute Gasteiger partial charge is 0.121 e. The van der Waals surface area contributed by atoms with Crippen LogP contribution in [-0.4, -0.2) is 32.0 Å². The molecule has 0 aromatic carbocycles. The quantitative estimate of drug-likeness (QED) is 0.702. The van der Waals surface area contributed by atoms with Gasteiger partial charge in [-0.05, 0) is 39.3 Å². The van der Waals surface area contributed by atoms with Gasteiger partial charge in [-0.15, -0.1) is 0 Å². The molecule has 0 bridgehead atoms. The SMILES string of the molecule is CC(F)COC1CCCNCC1. The van der Waals surface area contributed by atoms with E-state index in [0.29, 0.717) is 0 Å². The van der Waals surface area contributed by atoms with Gasteiger partial charge in [0.15, 0.2) is 0 Å². The second-order valence-corrected chi connectivity index (χ2v) is 3.42. The van der Waals surface area contributed by atoms with Crippen LogP contribution in [0.15, 0.2) is 0 Å². The maximum Gasteiger partial charge on any atom is 0.121 e. The molecule has 0 spiro atoms. The molecule has 0 aromatic heterocycles. The van der Waals surface area contributed by atoms with Gasteiger partial charge in [0.1, 0.15) is 6.17 Å². The number of rotatable bonds is 3. The molecule has 72 valence electrons. The molecule has 1 fully saturated rings. The summed E-state index contributed by atoms with van der Waals surface area (Å²) < 4.78 is 17.8. The van der Waals surface area contributed by atoms with Crippen LogP contribution in [0.4, 0.5) is 4.39 Å². The zero-order valence-electron chi connectivity index (χ0n) is 7.68. The van der Waals surface area contributed by atoms with Crippen LogP contribution in [0.3, 0.4) is 0 Å². The fourth-order valence-electron chi connectivity index (χ4n) is 1.42. The average Bonchev–Trinajstić information content (AvgIpc) is 2.28. The van der Waals surface area contributed by atoms with Crippen molar-refractivity contribution in [3.8, 4) is 0 Å². The van der Waals surface area contributed by atoms with Crippen molar-refractivity contribution in [2.75, 3.05) is 19.7 Å². The zero-order valence-corrected chi connectivity index (χ0v) is 7.68. The van der Waals surface area contributed by atoms with E-state index in [9.17, 15) is 4.39 Å².